The maximum Gasteiger partial charge on any atom is 0.138 e. The summed E-state index contributed by atoms with van der Waals surface area (Å²) in [6.45, 7) is 0.708. The first-order chi connectivity index (χ1) is 6.81. The molecule has 0 fully saturated rings. The van der Waals surface area contributed by atoms with Gasteiger partial charge in [-0.1, -0.05) is 6.07 Å². The number of quaternary nitrogens is 1. The molecule has 3 heteroatoms. The molecule has 0 amide bonds. The van der Waals surface area contributed by atoms with Crippen molar-refractivity contribution >= 4 is 0 Å². The molecule has 2 nitrogen and oxygen atoms in total. The summed E-state index contributed by atoms with van der Waals surface area (Å²) in [5.74, 6) is 2.97. The molecule has 0 aromatic heterocycles. The van der Waals surface area contributed by atoms with Crippen LogP contribution in [0.3, 0.4) is 0 Å². The Hall–Kier alpha value is -1.17. The van der Waals surface area contributed by atoms with E-state index in [0.29, 0.717) is 18.3 Å². The zero-order valence-corrected chi connectivity index (χ0v) is 9.17. The molecule has 2 rings (SSSR count). The number of phenols is 1. The summed E-state index contributed by atoms with van der Waals surface area (Å²) in [5.41, 5.74) is 2.60. The summed E-state index contributed by atoms with van der Waals surface area (Å²) in [6, 6.07) is 6.06. The van der Waals surface area contributed by atoms with Crippen LogP contribution < -0.4 is 17.7 Å². The van der Waals surface area contributed by atoms with Gasteiger partial charge in [0.1, 0.15) is 18.3 Å². The maximum absolute atomic E-state index is 9.39. The van der Waals surface area contributed by atoms with Gasteiger partial charge in [-0.05, 0) is 30.0 Å². The zero-order chi connectivity index (χ0) is 9.97. The quantitative estimate of drug-likeness (QED) is 0.538. The normalized spacial score (nSPS) is 17.7. The molecule has 3 N–H and O–H groups in total. The second-order valence-corrected chi connectivity index (χ2v) is 3.67. The number of hydrogen-bond donors (Lipinski definition) is 2. The third-order valence-corrected chi connectivity index (χ3v) is 2.77. The van der Waals surface area contributed by atoms with Crippen LogP contribution in [0.25, 0.3) is 0 Å². The largest absolute Gasteiger partial charge is 1.00 e. The van der Waals surface area contributed by atoms with Crippen molar-refractivity contribution < 1.29 is 22.8 Å². The molecule has 0 aliphatic heterocycles. The van der Waals surface area contributed by atoms with Gasteiger partial charge in [-0.3, -0.25) is 0 Å². The summed E-state index contributed by atoms with van der Waals surface area (Å²) in [7, 11) is 0. The van der Waals surface area contributed by atoms with Crippen molar-refractivity contribution in [3.8, 4) is 18.1 Å². The fourth-order valence-corrected chi connectivity index (χ4v) is 2.08. The number of terminal acetylenes is 1. The number of hydrogen-bond acceptors (Lipinski definition) is 1. The fraction of sp³-hybridized carbons (Fsp3) is 0.333. The molecule has 1 atom stereocenters. The molecular formula is C12H14ClNO. The molecule has 0 unspecified atom stereocenters. The van der Waals surface area contributed by atoms with E-state index >= 15 is 0 Å². The Morgan fingerprint density at radius 2 is 2.33 bits per heavy atom. The molecule has 0 radical (unpaired) electrons. The lowest BCUT2D eigenvalue weighted by Gasteiger charge is -2.08. The first-order valence-electron chi connectivity index (χ1n) is 4.90. The van der Waals surface area contributed by atoms with E-state index in [9.17, 15) is 5.11 Å². The Bertz CT molecular complexity index is 384. The van der Waals surface area contributed by atoms with Gasteiger partial charge in [0, 0.05) is 12.0 Å². The van der Waals surface area contributed by atoms with Crippen molar-refractivity contribution in [1.82, 2.24) is 0 Å². The molecular weight excluding hydrogens is 210 g/mol. The highest BCUT2D eigenvalue weighted by atomic mass is 35.5. The highest BCUT2D eigenvalue weighted by molar-refractivity contribution is 5.39. The van der Waals surface area contributed by atoms with E-state index in [1.54, 1.807) is 6.07 Å². The Balaban J connectivity index is 0.00000112. The molecule has 0 spiro atoms. The molecule has 1 aromatic carbocycles. The number of aromatic hydroxyl groups is 1. The van der Waals surface area contributed by atoms with E-state index in [4.69, 9.17) is 6.42 Å². The number of phenolic OH excluding ortho intramolecular Hbond substituents is 1. The van der Waals surface area contributed by atoms with E-state index in [1.807, 2.05) is 12.1 Å². The van der Waals surface area contributed by atoms with E-state index in [2.05, 4.69) is 11.2 Å². The van der Waals surface area contributed by atoms with Crippen LogP contribution in [0.4, 0.5) is 0 Å². The highest BCUT2D eigenvalue weighted by Gasteiger charge is 2.24. The third-order valence-electron chi connectivity index (χ3n) is 2.77. The number of rotatable bonds is 2. The first kappa shape index (κ1) is 11.9. The molecule has 80 valence electrons. The lowest BCUT2D eigenvalue weighted by molar-refractivity contribution is -0.685. The Morgan fingerprint density at radius 3 is 3.07 bits per heavy atom. The minimum Gasteiger partial charge on any atom is -1.00 e. The third kappa shape index (κ3) is 2.44. The summed E-state index contributed by atoms with van der Waals surface area (Å²) in [4.78, 5) is 0. The average Bonchev–Trinajstić information content (AvgIpc) is 2.57. The highest BCUT2D eigenvalue weighted by Crippen LogP contribution is 2.30. The molecule has 0 bridgehead atoms. The zero-order valence-electron chi connectivity index (χ0n) is 8.41. The monoisotopic (exact) mass is 223 g/mol. The fourth-order valence-electron chi connectivity index (χ4n) is 2.08. The van der Waals surface area contributed by atoms with Crippen molar-refractivity contribution in [2.24, 2.45) is 0 Å². The van der Waals surface area contributed by atoms with Gasteiger partial charge in [0.05, 0.1) is 0 Å². The molecule has 15 heavy (non-hydrogen) atoms. The van der Waals surface area contributed by atoms with Gasteiger partial charge < -0.3 is 22.8 Å². The van der Waals surface area contributed by atoms with E-state index in [1.165, 1.54) is 11.1 Å². The second kappa shape index (κ2) is 5.06. The predicted octanol–water partition coefficient (Wildman–Crippen LogP) is -2.42. The summed E-state index contributed by atoms with van der Waals surface area (Å²) in [5, 5.41) is 11.5. The van der Waals surface area contributed by atoms with Gasteiger partial charge in [0.2, 0.25) is 0 Å². The average molecular weight is 224 g/mol. The smallest absolute Gasteiger partial charge is 0.138 e. The molecule has 1 aliphatic rings. The minimum atomic E-state index is 0. The Morgan fingerprint density at radius 1 is 1.53 bits per heavy atom. The summed E-state index contributed by atoms with van der Waals surface area (Å²) >= 11 is 0. The van der Waals surface area contributed by atoms with Crippen molar-refractivity contribution in [3.05, 3.63) is 29.3 Å². The van der Waals surface area contributed by atoms with Gasteiger partial charge in [0.15, 0.2) is 0 Å². The van der Waals surface area contributed by atoms with E-state index in [-0.39, 0.29) is 12.4 Å². The minimum absolute atomic E-state index is 0. The number of aryl methyl sites for hydroxylation is 1. The van der Waals surface area contributed by atoms with Crippen molar-refractivity contribution in [3.63, 3.8) is 0 Å². The van der Waals surface area contributed by atoms with Crippen LogP contribution in [0.1, 0.15) is 23.6 Å². The molecule has 0 saturated heterocycles. The summed E-state index contributed by atoms with van der Waals surface area (Å²) in [6.07, 6.45) is 7.45. The van der Waals surface area contributed by atoms with Crippen molar-refractivity contribution in [2.45, 2.75) is 18.9 Å². The SMILES string of the molecule is C#CC[NH2+][C@H]1CCc2ccc(O)cc21.[Cl-]. The number of halogens is 1. The molecule has 0 saturated carbocycles. The van der Waals surface area contributed by atoms with Crippen LogP contribution in [0, 0.1) is 12.3 Å². The van der Waals surface area contributed by atoms with Crippen LogP contribution in [0.5, 0.6) is 5.75 Å². The maximum atomic E-state index is 9.39. The van der Waals surface area contributed by atoms with Crippen LogP contribution in [-0.2, 0) is 6.42 Å². The Labute approximate surface area is 96.1 Å². The van der Waals surface area contributed by atoms with Crippen molar-refractivity contribution in [2.75, 3.05) is 6.54 Å². The van der Waals surface area contributed by atoms with E-state index < -0.39 is 0 Å². The first-order valence-corrected chi connectivity index (χ1v) is 4.90. The van der Waals surface area contributed by atoms with Crippen molar-refractivity contribution in [1.29, 1.82) is 0 Å². The molecule has 0 heterocycles. The lowest BCUT2D eigenvalue weighted by atomic mass is 10.1. The summed E-state index contributed by atoms with van der Waals surface area (Å²) < 4.78 is 0. The van der Waals surface area contributed by atoms with E-state index in [0.717, 1.165) is 12.8 Å². The lowest BCUT2D eigenvalue weighted by Crippen LogP contribution is -3.00. The van der Waals surface area contributed by atoms with Gasteiger partial charge >= 0.3 is 0 Å². The standard InChI is InChI=1S/C12H13NO.ClH/c1-2-7-13-12-6-4-9-3-5-10(14)8-11(9)12;/h1,3,5,8,12-14H,4,6-7H2;1H/t12-;/m0./s1. The second-order valence-electron chi connectivity index (χ2n) is 3.67. The van der Waals surface area contributed by atoms with Crippen LogP contribution in [-0.4, -0.2) is 11.7 Å². The van der Waals surface area contributed by atoms with Gasteiger partial charge in [-0.25, -0.2) is 0 Å². The molecule has 1 aliphatic carbocycles. The van der Waals surface area contributed by atoms with Crippen LogP contribution in [0.2, 0.25) is 0 Å². The van der Waals surface area contributed by atoms with Gasteiger partial charge in [-0.2, -0.15) is 0 Å². The number of benzene rings is 1. The Kier molecular flexibility index (Phi) is 4.02. The van der Waals surface area contributed by atoms with Crippen LogP contribution >= 0.6 is 0 Å². The predicted molar refractivity (Wildman–Crippen MR) is 54.8 cm³/mol. The topological polar surface area (TPSA) is 36.8 Å². The number of fused-ring (bicyclic) bond motifs is 1. The van der Waals surface area contributed by atoms with Gasteiger partial charge in [0.25, 0.3) is 0 Å². The number of nitrogens with two attached hydrogens (primary N) is 1. The van der Waals surface area contributed by atoms with Gasteiger partial charge in [-0.15, -0.1) is 6.42 Å². The van der Waals surface area contributed by atoms with Crippen LogP contribution in [0.15, 0.2) is 18.2 Å². The molecule has 1 aromatic rings.